The van der Waals surface area contributed by atoms with Gasteiger partial charge in [0, 0.05) is 38.3 Å². The van der Waals surface area contributed by atoms with Gasteiger partial charge in [-0.2, -0.15) is 0 Å². The smallest absolute Gasteiger partial charge is 0.237 e. The molecule has 2 aliphatic rings. The number of likely N-dealkylation sites (N-methyl/N-ethyl adjacent to an activating group) is 1. The SMILES string of the molecule is C=C(C)CN(CC)C(=O)CN1C[C@H]2CCCN2C[C@H]1C. The zero-order valence-corrected chi connectivity index (χ0v) is 13.3. The molecular formula is C16H29N3O. The number of amides is 1. The van der Waals surface area contributed by atoms with E-state index in [2.05, 4.69) is 23.3 Å². The zero-order valence-electron chi connectivity index (χ0n) is 13.3. The van der Waals surface area contributed by atoms with Crippen LogP contribution in [0.2, 0.25) is 0 Å². The topological polar surface area (TPSA) is 26.8 Å². The lowest BCUT2D eigenvalue weighted by molar-refractivity contribution is -0.133. The molecule has 2 heterocycles. The lowest BCUT2D eigenvalue weighted by Crippen LogP contribution is -2.57. The molecule has 0 aromatic carbocycles. The van der Waals surface area contributed by atoms with E-state index in [1.54, 1.807) is 0 Å². The summed E-state index contributed by atoms with van der Waals surface area (Å²) in [6.07, 6.45) is 2.61. The van der Waals surface area contributed by atoms with Crippen LogP contribution in [-0.2, 0) is 4.79 Å². The molecule has 2 rings (SSSR count). The van der Waals surface area contributed by atoms with Crippen molar-refractivity contribution < 1.29 is 4.79 Å². The second kappa shape index (κ2) is 6.72. The Bertz CT molecular complexity index is 369. The molecule has 0 aliphatic carbocycles. The Morgan fingerprint density at radius 2 is 2.15 bits per heavy atom. The molecule has 20 heavy (non-hydrogen) atoms. The van der Waals surface area contributed by atoms with Crippen LogP contribution in [0.4, 0.5) is 0 Å². The quantitative estimate of drug-likeness (QED) is 0.715. The summed E-state index contributed by atoms with van der Waals surface area (Å²) in [4.78, 5) is 19.3. The maximum absolute atomic E-state index is 12.4. The Morgan fingerprint density at radius 1 is 1.40 bits per heavy atom. The Kier molecular flexibility index (Phi) is 5.22. The van der Waals surface area contributed by atoms with E-state index in [0.717, 1.165) is 25.2 Å². The van der Waals surface area contributed by atoms with Crippen LogP contribution in [0.3, 0.4) is 0 Å². The van der Waals surface area contributed by atoms with Gasteiger partial charge in [0.05, 0.1) is 6.54 Å². The number of nitrogens with zero attached hydrogens (tertiary/aromatic N) is 3. The van der Waals surface area contributed by atoms with Crippen molar-refractivity contribution in [2.75, 3.05) is 39.3 Å². The van der Waals surface area contributed by atoms with Crippen LogP contribution >= 0.6 is 0 Å². The first kappa shape index (κ1) is 15.5. The normalized spacial score (nSPS) is 27.4. The summed E-state index contributed by atoms with van der Waals surface area (Å²) in [5.41, 5.74) is 1.05. The van der Waals surface area contributed by atoms with E-state index in [0.29, 0.717) is 25.2 Å². The number of hydrogen-bond acceptors (Lipinski definition) is 3. The average molecular weight is 279 g/mol. The number of carbonyl (C=O) groups excluding carboxylic acids is 1. The molecule has 0 aromatic heterocycles. The van der Waals surface area contributed by atoms with Crippen molar-refractivity contribution in [3.63, 3.8) is 0 Å². The predicted molar refractivity (Wildman–Crippen MR) is 82.7 cm³/mol. The summed E-state index contributed by atoms with van der Waals surface area (Å²) in [5, 5.41) is 0. The molecule has 2 aliphatic heterocycles. The summed E-state index contributed by atoms with van der Waals surface area (Å²) in [6, 6.07) is 1.16. The van der Waals surface area contributed by atoms with Crippen LogP contribution in [0, 0.1) is 0 Å². The van der Waals surface area contributed by atoms with Crippen molar-refractivity contribution in [1.82, 2.24) is 14.7 Å². The Morgan fingerprint density at radius 3 is 2.80 bits per heavy atom. The molecule has 4 heteroatoms. The van der Waals surface area contributed by atoms with E-state index < -0.39 is 0 Å². The minimum absolute atomic E-state index is 0.244. The fourth-order valence-electron chi connectivity index (χ4n) is 3.44. The van der Waals surface area contributed by atoms with Gasteiger partial charge in [0.1, 0.15) is 0 Å². The Labute approximate surface area is 123 Å². The second-order valence-electron chi connectivity index (χ2n) is 6.43. The van der Waals surface area contributed by atoms with Crippen LogP contribution in [0.15, 0.2) is 12.2 Å². The fourth-order valence-corrected chi connectivity index (χ4v) is 3.44. The van der Waals surface area contributed by atoms with E-state index >= 15 is 0 Å². The van der Waals surface area contributed by atoms with Gasteiger partial charge in [-0.25, -0.2) is 0 Å². The maximum Gasteiger partial charge on any atom is 0.237 e. The Hall–Kier alpha value is -0.870. The molecule has 4 nitrogen and oxygen atoms in total. The zero-order chi connectivity index (χ0) is 14.7. The summed E-state index contributed by atoms with van der Waals surface area (Å²) in [5.74, 6) is 0.244. The van der Waals surface area contributed by atoms with Crippen molar-refractivity contribution in [3.8, 4) is 0 Å². The van der Waals surface area contributed by atoms with Crippen LogP contribution in [0.5, 0.6) is 0 Å². The van der Waals surface area contributed by atoms with Gasteiger partial charge < -0.3 is 4.90 Å². The molecule has 0 radical (unpaired) electrons. The molecule has 2 atom stereocenters. The minimum Gasteiger partial charge on any atom is -0.338 e. The van der Waals surface area contributed by atoms with E-state index in [4.69, 9.17) is 0 Å². The first-order chi connectivity index (χ1) is 9.51. The summed E-state index contributed by atoms with van der Waals surface area (Å²) in [7, 11) is 0. The van der Waals surface area contributed by atoms with Crippen molar-refractivity contribution in [2.24, 2.45) is 0 Å². The molecule has 0 N–H and O–H groups in total. The third kappa shape index (κ3) is 3.61. The molecule has 2 fully saturated rings. The highest BCUT2D eigenvalue weighted by Gasteiger charge is 2.35. The van der Waals surface area contributed by atoms with Crippen LogP contribution in [-0.4, -0.2) is 72.0 Å². The second-order valence-corrected chi connectivity index (χ2v) is 6.43. The lowest BCUT2D eigenvalue weighted by atomic mass is 10.1. The highest BCUT2D eigenvalue weighted by Crippen LogP contribution is 2.24. The molecule has 0 unspecified atom stereocenters. The summed E-state index contributed by atoms with van der Waals surface area (Å²) in [6.45, 7) is 15.6. The van der Waals surface area contributed by atoms with Gasteiger partial charge >= 0.3 is 0 Å². The van der Waals surface area contributed by atoms with Crippen molar-refractivity contribution >= 4 is 5.91 Å². The van der Waals surface area contributed by atoms with Gasteiger partial charge in [0.15, 0.2) is 0 Å². The van der Waals surface area contributed by atoms with Gasteiger partial charge in [-0.05, 0) is 40.2 Å². The summed E-state index contributed by atoms with van der Waals surface area (Å²) >= 11 is 0. The van der Waals surface area contributed by atoms with E-state index in [-0.39, 0.29) is 5.91 Å². The molecule has 2 saturated heterocycles. The first-order valence-electron chi connectivity index (χ1n) is 7.91. The van der Waals surface area contributed by atoms with E-state index in [1.165, 1.54) is 19.4 Å². The highest BCUT2D eigenvalue weighted by molar-refractivity contribution is 5.78. The monoisotopic (exact) mass is 279 g/mol. The van der Waals surface area contributed by atoms with Crippen molar-refractivity contribution in [2.45, 2.75) is 45.7 Å². The average Bonchev–Trinajstić information content (AvgIpc) is 2.82. The summed E-state index contributed by atoms with van der Waals surface area (Å²) < 4.78 is 0. The number of piperazine rings is 1. The molecule has 0 bridgehead atoms. The maximum atomic E-state index is 12.4. The van der Waals surface area contributed by atoms with Gasteiger partial charge in [0.25, 0.3) is 0 Å². The molecular weight excluding hydrogens is 250 g/mol. The third-order valence-corrected chi connectivity index (χ3v) is 4.60. The van der Waals surface area contributed by atoms with E-state index in [1.807, 2.05) is 18.7 Å². The van der Waals surface area contributed by atoms with Crippen LogP contribution in [0.1, 0.15) is 33.6 Å². The molecule has 114 valence electrons. The minimum atomic E-state index is 0.244. The Balaban J connectivity index is 1.91. The fraction of sp³-hybridized carbons (Fsp3) is 0.812. The molecule has 0 spiro atoms. The van der Waals surface area contributed by atoms with Crippen molar-refractivity contribution in [3.05, 3.63) is 12.2 Å². The third-order valence-electron chi connectivity index (χ3n) is 4.60. The van der Waals surface area contributed by atoms with Gasteiger partial charge in [-0.1, -0.05) is 12.2 Å². The van der Waals surface area contributed by atoms with Gasteiger partial charge in [-0.3, -0.25) is 14.6 Å². The van der Waals surface area contributed by atoms with Crippen molar-refractivity contribution in [1.29, 1.82) is 0 Å². The van der Waals surface area contributed by atoms with Gasteiger partial charge in [-0.15, -0.1) is 0 Å². The molecule has 0 saturated carbocycles. The number of fused-ring (bicyclic) bond motifs is 1. The number of rotatable bonds is 5. The predicted octanol–water partition coefficient (Wildman–Crippen LogP) is 1.58. The number of carbonyl (C=O) groups is 1. The standard InChI is InChI=1S/C16H29N3O/c1-5-17(9-13(2)3)16(20)12-19-11-15-7-6-8-18(15)10-14(19)4/h14-15H,2,5-12H2,1,3-4H3/t14-,15-/m1/s1. The molecule has 1 amide bonds. The van der Waals surface area contributed by atoms with Gasteiger partial charge in [0.2, 0.25) is 5.91 Å². The first-order valence-corrected chi connectivity index (χ1v) is 7.91. The largest absolute Gasteiger partial charge is 0.338 e. The highest BCUT2D eigenvalue weighted by atomic mass is 16.2. The number of hydrogen-bond donors (Lipinski definition) is 0. The molecule has 0 aromatic rings. The van der Waals surface area contributed by atoms with Crippen LogP contribution in [0.25, 0.3) is 0 Å². The van der Waals surface area contributed by atoms with Crippen LogP contribution < -0.4 is 0 Å². The lowest BCUT2D eigenvalue weighted by Gasteiger charge is -2.42. The van der Waals surface area contributed by atoms with E-state index in [9.17, 15) is 4.79 Å².